The van der Waals surface area contributed by atoms with E-state index in [1.807, 2.05) is 32.0 Å². The SMILES string of the molecule is Cc1cc2nc(COc3ccc(NC(=O)COc4c(C)cccc4C)cc3)cc(=O)n2o1. The van der Waals surface area contributed by atoms with Gasteiger partial charge in [-0.25, -0.2) is 4.98 Å². The predicted octanol–water partition coefficient (Wildman–Crippen LogP) is 3.81. The zero-order chi connectivity index (χ0) is 22.7. The normalized spacial score (nSPS) is 10.8. The van der Waals surface area contributed by atoms with Crippen molar-refractivity contribution in [3.63, 3.8) is 0 Å². The zero-order valence-corrected chi connectivity index (χ0v) is 18.0. The molecule has 0 bridgehead atoms. The molecule has 1 N–H and O–H groups in total. The number of para-hydroxylation sites is 1. The zero-order valence-electron chi connectivity index (χ0n) is 18.0. The Morgan fingerprint density at radius 1 is 1.03 bits per heavy atom. The number of aromatic nitrogens is 2. The first-order valence-corrected chi connectivity index (χ1v) is 10.1. The number of hydrogen-bond acceptors (Lipinski definition) is 6. The summed E-state index contributed by atoms with van der Waals surface area (Å²) >= 11 is 0. The van der Waals surface area contributed by atoms with Crippen molar-refractivity contribution in [3.8, 4) is 11.5 Å². The van der Waals surface area contributed by atoms with Gasteiger partial charge in [0.1, 0.15) is 23.9 Å². The van der Waals surface area contributed by atoms with Crippen LogP contribution in [0.1, 0.15) is 22.6 Å². The van der Waals surface area contributed by atoms with Gasteiger partial charge in [0.25, 0.3) is 11.5 Å². The Kier molecular flexibility index (Phi) is 5.93. The third-order valence-corrected chi connectivity index (χ3v) is 4.81. The van der Waals surface area contributed by atoms with Gasteiger partial charge in [-0.15, -0.1) is 4.57 Å². The van der Waals surface area contributed by atoms with Crippen molar-refractivity contribution >= 4 is 17.2 Å². The average Bonchev–Trinajstić information content (AvgIpc) is 3.14. The number of benzene rings is 2. The van der Waals surface area contributed by atoms with Crippen molar-refractivity contribution in [1.29, 1.82) is 0 Å². The molecule has 0 aliphatic rings. The molecule has 4 aromatic rings. The molecule has 0 unspecified atom stereocenters. The van der Waals surface area contributed by atoms with E-state index in [4.69, 9.17) is 14.0 Å². The molecular weight excluding hydrogens is 410 g/mol. The Morgan fingerprint density at radius 2 is 1.75 bits per heavy atom. The summed E-state index contributed by atoms with van der Waals surface area (Å²) in [7, 11) is 0. The topological polar surface area (TPSA) is 95.1 Å². The fourth-order valence-electron chi connectivity index (χ4n) is 3.30. The van der Waals surface area contributed by atoms with Gasteiger partial charge in [-0.2, -0.15) is 0 Å². The smallest absolute Gasteiger partial charge is 0.287 e. The van der Waals surface area contributed by atoms with E-state index in [1.54, 1.807) is 37.3 Å². The van der Waals surface area contributed by atoms with Crippen molar-refractivity contribution in [2.45, 2.75) is 27.4 Å². The molecule has 32 heavy (non-hydrogen) atoms. The number of aryl methyl sites for hydroxylation is 3. The molecule has 2 heterocycles. The van der Waals surface area contributed by atoms with E-state index in [2.05, 4.69) is 10.3 Å². The van der Waals surface area contributed by atoms with Crippen molar-refractivity contribution in [2.75, 3.05) is 11.9 Å². The van der Waals surface area contributed by atoms with Gasteiger partial charge >= 0.3 is 0 Å². The van der Waals surface area contributed by atoms with Gasteiger partial charge in [0.05, 0.1) is 5.69 Å². The highest BCUT2D eigenvalue weighted by atomic mass is 16.5. The van der Waals surface area contributed by atoms with E-state index in [-0.39, 0.29) is 24.7 Å². The van der Waals surface area contributed by atoms with E-state index in [0.717, 1.165) is 21.4 Å². The van der Waals surface area contributed by atoms with Gasteiger partial charge in [-0.05, 0) is 56.2 Å². The van der Waals surface area contributed by atoms with E-state index in [1.165, 1.54) is 6.07 Å². The number of rotatable bonds is 7. The Bertz CT molecular complexity index is 1300. The second-order valence-electron chi connectivity index (χ2n) is 7.46. The summed E-state index contributed by atoms with van der Waals surface area (Å²) < 4.78 is 17.8. The molecule has 8 nitrogen and oxygen atoms in total. The highest BCUT2D eigenvalue weighted by molar-refractivity contribution is 5.91. The molecule has 0 atom stereocenters. The Hall–Kier alpha value is -4.07. The van der Waals surface area contributed by atoms with Crippen LogP contribution in [0, 0.1) is 20.8 Å². The van der Waals surface area contributed by atoms with Gasteiger partial charge in [0, 0.05) is 17.8 Å². The molecular formula is C24H23N3O5. The molecule has 0 radical (unpaired) electrons. The van der Waals surface area contributed by atoms with Gasteiger partial charge < -0.3 is 19.3 Å². The van der Waals surface area contributed by atoms with Crippen LogP contribution >= 0.6 is 0 Å². The fourth-order valence-corrected chi connectivity index (χ4v) is 3.30. The second kappa shape index (κ2) is 8.97. The minimum absolute atomic E-state index is 0.0822. The predicted molar refractivity (Wildman–Crippen MR) is 119 cm³/mol. The van der Waals surface area contributed by atoms with Crippen molar-refractivity contribution in [3.05, 3.63) is 87.5 Å². The maximum Gasteiger partial charge on any atom is 0.287 e. The molecule has 2 aromatic heterocycles. The lowest BCUT2D eigenvalue weighted by Gasteiger charge is -2.12. The van der Waals surface area contributed by atoms with Crippen LogP contribution in [-0.2, 0) is 11.4 Å². The van der Waals surface area contributed by atoms with Crippen molar-refractivity contribution in [2.24, 2.45) is 0 Å². The highest BCUT2D eigenvalue weighted by Crippen LogP contribution is 2.22. The fraction of sp³-hybridized carbons (Fsp3) is 0.208. The number of amides is 1. The first-order valence-electron chi connectivity index (χ1n) is 10.1. The van der Waals surface area contributed by atoms with Crippen LogP contribution in [0.5, 0.6) is 11.5 Å². The Balaban J connectivity index is 1.32. The van der Waals surface area contributed by atoms with E-state index in [0.29, 0.717) is 28.5 Å². The molecule has 4 rings (SSSR count). The summed E-state index contributed by atoms with van der Waals surface area (Å²) in [5.41, 5.74) is 3.23. The first-order chi connectivity index (χ1) is 15.4. The monoisotopic (exact) mass is 433 g/mol. The van der Waals surface area contributed by atoms with Gasteiger partial charge in [-0.1, -0.05) is 18.2 Å². The number of nitrogens with one attached hydrogen (secondary N) is 1. The number of carbonyl (C=O) groups is 1. The third kappa shape index (κ3) is 4.80. The van der Waals surface area contributed by atoms with Crippen molar-refractivity contribution in [1.82, 2.24) is 9.56 Å². The summed E-state index contributed by atoms with van der Waals surface area (Å²) in [5, 5.41) is 2.80. The van der Waals surface area contributed by atoms with Crippen LogP contribution in [0.2, 0.25) is 0 Å². The summed E-state index contributed by atoms with van der Waals surface area (Å²) in [4.78, 5) is 28.7. The van der Waals surface area contributed by atoms with Crippen LogP contribution < -0.4 is 20.3 Å². The van der Waals surface area contributed by atoms with Crippen LogP contribution in [0.15, 0.2) is 63.9 Å². The lowest BCUT2D eigenvalue weighted by molar-refractivity contribution is -0.118. The molecule has 0 saturated carbocycles. The van der Waals surface area contributed by atoms with Crippen LogP contribution in [0.4, 0.5) is 5.69 Å². The number of anilines is 1. The van der Waals surface area contributed by atoms with E-state index in [9.17, 15) is 9.59 Å². The molecule has 8 heteroatoms. The Morgan fingerprint density at radius 3 is 2.47 bits per heavy atom. The standard InChI is InChI=1S/C24H23N3O5/c1-15-5-4-6-16(2)24(15)31-14-22(28)26-18-7-9-20(10-8-18)30-13-19-12-23(29)27-21(25-19)11-17(3)32-27/h4-12H,13-14H2,1-3H3,(H,26,28). The Labute approximate surface area is 184 Å². The molecule has 2 aromatic carbocycles. The van der Waals surface area contributed by atoms with Crippen LogP contribution in [0.25, 0.3) is 5.65 Å². The van der Waals surface area contributed by atoms with Gasteiger partial charge in [0.2, 0.25) is 0 Å². The molecule has 164 valence electrons. The molecule has 0 saturated heterocycles. The van der Waals surface area contributed by atoms with E-state index < -0.39 is 0 Å². The number of ether oxygens (including phenoxy) is 2. The van der Waals surface area contributed by atoms with Gasteiger partial charge in [-0.3, -0.25) is 9.59 Å². The largest absolute Gasteiger partial charge is 0.487 e. The summed E-state index contributed by atoms with van der Waals surface area (Å²) in [6.45, 7) is 5.69. The minimum atomic E-state index is -0.303. The molecule has 0 spiro atoms. The van der Waals surface area contributed by atoms with Crippen molar-refractivity contribution < 1.29 is 18.8 Å². The van der Waals surface area contributed by atoms with E-state index >= 15 is 0 Å². The maximum atomic E-state index is 12.2. The molecule has 0 aliphatic carbocycles. The number of hydrogen-bond donors (Lipinski definition) is 1. The van der Waals surface area contributed by atoms with Crippen LogP contribution in [0.3, 0.4) is 0 Å². The summed E-state index contributed by atoms with van der Waals surface area (Å²) in [5.74, 6) is 1.66. The molecule has 0 fully saturated rings. The quantitative estimate of drug-likeness (QED) is 0.476. The summed E-state index contributed by atoms with van der Waals surface area (Å²) in [6.07, 6.45) is 0. The number of carbonyl (C=O) groups excluding carboxylic acids is 1. The minimum Gasteiger partial charge on any atom is -0.487 e. The average molecular weight is 433 g/mol. The van der Waals surface area contributed by atoms with Gasteiger partial charge in [0.15, 0.2) is 12.3 Å². The highest BCUT2D eigenvalue weighted by Gasteiger charge is 2.09. The molecule has 0 aliphatic heterocycles. The third-order valence-electron chi connectivity index (χ3n) is 4.81. The second-order valence-corrected chi connectivity index (χ2v) is 7.46. The van der Waals surface area contributed by atoms with Crippen LogP contribution in [-0.4, -0.2) is 22.1 Å². The lowest BCUT2D eigenvalue weighted by atomic mass is 10.1. The first kappa shape index (κ1) is 21.2. The molecule has 1 amide bonds. The number of fused-ring (bicyclic) bond motifs is 1. The lowest BCUT2D eigenvalue weighted by Crippen LogP contribution is -2.20. The maximum absolute atomic E-state index is 12.2. The number of nitrogens with zero attached hydrogens (tertiary/aromatic N) is 2. The summed E-state index contributed by atoms with van der Waals surface area (Å²) in [6, 6.07) is 15.8.